The Morgan fingerprint density at radius 1 is 0.875 bits per heavy atom. The van der Waals surface area contributed by atoms with E-state index >= 15 is 0 Å². The van der Waals surface area contributed by atoms with E-state index in [2.05, 4.69) is 24.5 Å². The summed E-state index contributed by atoms with van der Waals surface area (Å²) in [5, 5.41) is 5.64. The van der Waals surface area contributed by atoms with Crippen LogP contribution in [0.2, 0.25) is 0 Å². The molecule has 48 heavy (non-hydrogen) atoms. The first kappa shape index (κ1) is 35.0. The van der Waals surface area contributed by atoms with E-state index in [9.17, 15) is 22.8 Å². The lowest BCUT2D eigenvalue weighted by Gasteiger charge is -2.27. The number of ether oxygens (including phenoxy) is 1. The van der Waals surface area contributed by atoms with Crippen molar-refractivity contribution in [2.24, 2.45) is 11.8 Å². The predicted molar refractivity (Wildman–Crippen MR) is 185 cm³/mol. The van der Waals surface area contributed by atoms with Crippen LogP contribution >= 0.6 is 0 Å². The maximum atomic E-state index is 14.0. The highest BCUT2D eigenvalue weighted by Crippen LogP contribution is 2.38. The molecule has 2 unspecified atom stereocenters. The highest BCUT2D eigenvalue weighted by Gasteiger charge is 2.40. The number of para-hydroxylation sites is 1. The van der Waals surface area contributed by atoms with Gasteiger partial charge in [-0.05, 0) is 103 Å². The largest absolute Gasteiger partial charge is 0.456 e. The number of hydrogen-bond acceptors (Lipinski definition) is 3. The highest BCUT2D eigenvalue weighted by atomic mass is 19.4. The van der Waals surface area contributed by atoms with Crippen LogP contribution in [0.4, 0.5) is 24.5 Å². The quantitative estimate of drug-likeness (QED) is 0.215. The Balaban J connectivity index is 1.22. The Bertz CT molecular complexity index is 1620. The van der Waals surface area contributed by atoms with Gasteiger partial charge < -0.3 is 15.4 Å². The Morgan fingerprint density at radius 3 is 2.27 bits per heavy atom. The molecule has 2 N–H and O–H groups in total. The summed E-state index contributed by atoms with van der Waals surface area (Å²) in [6, 6.07) is 21.9. The minimum Gasteiger partial charge on any atom is -0.456 e. The first-order valence-corrected chi connectivity index (χ1v) is 17.2. The number of alkyl halides is 3. The molecule has 1 aliphatic heterocycles. The summed E-state index contributed by atoms with van der Waals surface area (Å²) in [4.78, 5) is 26.2. The molecule has 1 heterocycles. The van der Waals surface area contributed by atoms with Crippen molar-refractivity contribution in [2.75, 3.05) is 10.6 Å². The number of allylic oxidation sites excluding steroid dienone is 3. The zero-order chi connectivity index (χ0) is 34.1. The van der Waals surface area contributed by atoms with Crippen molar-refractivity contribution in [2.45, 2.75) is 90.7 Å². The zero-order valence-electron chi connectivity index (χ0n) is 27.8. The minimum absolute atomic E-state index is 0.170. The smallest absolute Gasteiger partial charge is 0.416 e. The number of carbonyl (C=O) groups excluding carboxylic acids is 2. The number of unbranched alkanes of at least 4 members (excludes halogenated alkanes) is 1. The summed E-state index contributed by atoms with van der Waals surface area (Å²) < 4.78 is 47.9. The second kappa shape index (κ2) is 16.2. The van der Waals surface area contributed by atoms with Crippen molar-refractivity contribution >= 4 is 23.2 Å². The minimum atomic E-state index is -4.68. The molecule has 0 bridgehead atoms. The number of carbonyl (C=O) groups is 2. The topological polar surface area (TPSA) is 67.4 Å². The van der Waals surface area contributed by atoms with Crippen LogP contribution in [-0.2, 0) is 16.0 Å². The molecule has 0 spiro atoms. The van der Waals surface area contributed by atoms with Gasteiger partial charge in [0, 0.05) is 23.4 Å². The van der Waals surface area contributed by atoms with Gasteiger partial charge in [0.2, 0.25) is 0 Å². The average molecular weight is 659 g/mol. The summed E-state index contributed by atoms with van der Waals surface area (Å²) in [5.74, 6) is -0.166. The van der Waals surface area contributed by atoms with Crippen molar-refractivity contribution in [3.8, 4) is 11.1 Å². The lowest BCUT2D eigenvalue weighted by Crippen LogP contribution is -2.23. The van der Waals surface area contributed by atoms with E-state index in [4.69, 9.17) is 4.74 Å². The number of rotatable bonds is 11. The van der Waals surface area contributed by atoms with Gasteiger partial charge in [-0.25, -0.2) is 0 Å². The van der Waals surface area contributed by atoms with Crippen molar-refractivity contribution in [1.82, 2.24) is 0 Å². The van der Waals surface area contributed by atoms with Crippen molar-refractivity contribution in [3.63, 3.8) is 0 Å². The maximum absolute atomic E-state index is 14.0. The summed E-state index contributed by atoms with van der Waals surface area (Å²) in [6.45, 7) is 4.38. The molecule has 0 saturated heterocycles. The first-order valence-electron chi connectivity index (χ1n) is 17.2. The fourth-order valence-electron chi connectivity index (χ4n) is 6.67. The lowest BCUT2D eigenvalue weighted by atomic mass is 9.80. The van der Waals surface area contributed by atoms with E-state index in [0.29, 0.717) is 35.3 Å². The number of halogens is 3. The van der Waals surface area contributed by atoms with Gasteiger partial charge in [-0.1, -0.05) is 82.0 Å². The van der Waals surface area contributed by atoms with Gasteiger partial charge in [0.25, 0.3) is 11.8 Å². The maximum Gasteiger partial charge on any atom is 0.416 e. The van der Waals surface area contributed by atoms with Crippen LogP contribution in [0.5, 0.6) is 0 Å². The number of anilines is 2. The van der Waals surface area contributed by atoms with Crippen LogP contribution in [0.25, 0.3) is 11.1 Å². The molecule has 3 aromatic rings. The third-order valence-electron chi connectivity index (χ3n) is 9.35. The van der Waals surface area contributed by atoms with Crippen molar-refractivity contribution in [1.29, 1.82) is 0 Å². The molecule has 1 fully saturated rings. The van der Waals surface area contributed by atoms with E-state index in [1.54, 1.807) is 42.5 Å². The van der Waals surface area contributed by atoms with Gasteiger partial charge in [-0.2, -0.15) is 13.2 Å². The molecule has 8 heteroatoms. The fraction of sp³-hybridized carbons (Fsp3) is 0.400. The number of nitrogens with one attached hydrogen (secondary N) is 2. The third kappa shape index (κ3) is 9.39. The second-order valence-corrected chi connectivity index (χ2v) is 13.1. The monoisotopic (exact) mass is 658 g/mol. The molecule has 0 radical (unpaired) electrons. The normalized spacial score (nSPS) is 18.4. The van der Waals surface area contributed by atoms with E-state index in [0.717, 1.165) is 60.9 Å². The summed E-state index contributed by atoms with van der Waals surface area (Å²) in [7, 11) is 0. The molecule has 2 aliphatic rings. The molecule has 2 amide bonds. The van der Waals surface area contributed by atoms with Crippen LogP contribution in [0.1, 0.15) is 94.0 Å². The van der Waals surface area contributed by atoms with Gasteiger partial charge in [-0.3, -0.25) is 9.59 Å². The molecular weight excluding hydrogens is 613 g/mol. The SMILES string of the molecule is CCCCc1ccccc1NC(=O)c1ccc(-c2ccc(NC(=O)C3=C(C(F)(F)F)CCC=C(CCC4CCCC(C)C4)O3)cc2)cc1. The van der Waals surface area contributed by atoms with Gasteiger partial charge in [-0.15, -0.1) is 0 Å². The molecule has 2 atom stereocenters. The zero-order valence-corrected chi connectivity index (χ0v) is 27.8. The van der Waals surface area contributed by atoms with Crippen LogP contribution in [-0.4, -0.2) is 18.0 Å². The van der Waals surface area contributed by atoms with E-state index in [1.807, 2.05) is 36.4 Å². The molecule has 1 aliphatic carbocycles. The van der Waals surface area contributed by atoms with Gasteiger partial charge in [0.05, 0.1) is 5.57 Å². The molecule has 3 aromatic carbocycles. The number of amides is 2. The predicted octanol–water partition coefficient (Wildman–Crippen LogP) is 11.0. The highest BCUT2D eigenvalue weighted by molar-refractivity contribution is 6.05. The van der Waals surface area contributed by atoms with Gasteiger partial charge in [0.15, 0.2) is 5.76 Å². The van der Waals surface area contributed by atoms with Gasteiger partial charge in [0.1, 0.15) is 5.76 Å². The second-order valence-electron chi connectivity index (χ2n) is 13.1. The molecular formula is C40H45F3N2O3. The molecule has 5 rings (SSSR count). The van der Waals surface area contributed by atoms with Crippen LogP contribution < -0.4 is 10.6 Å². The van der Waals surface area contributed by atoms with Crippen LogP contribution in [0.3, 0.4) is 0 Å². The van der Waals surface area contributed by atoms with Crippen molar-refractivity contribution in [3.05, 3.63) is 107 Å². The number of aryl methyl sites for hydroxylation is 1. The van der Waals surface area contributed by atoms with E-state index in [-0.39, 0.29) is 18.7 Å². The summed E-state index contributed by atoms with van der Waals surface area (Å²) in [5.41, 5.74) is 3.53. The number of benzene rings is 3. The van der Waals surface area contributed by atoms with Crippen LogP contribution in [0.15, 0.2) is 96.0 Å². The van der Waals surface area contributed by atoms with E-state index in [1.165, 1.54) is 12.8 Å². The van der Waals surface area contributed by atoms with Gasteiger partial charge >= 0.3 is 6.18 Å². The third-order valence-corrected chi connectivity index (χ3v) is 9.35. The average Bonchev–Trinajstić information content (AvgIpc) is 3.31. The summed E-state index contributed by atoms with van der Waals surface area (Å²) in [6.07, 6.45) is 5.88. The Hall–Kier alpha value is -4.33. The Kier molecular flexibility index (Phi) is 11.8. The Labute approximate surface area is 281 Å². The van der Waals surface area contributed by atoms with E-state index < -0.39 is 23.4 Å². The molecule has 254 valence electrons. The first-order chi connectivity index (χ1) is 23.1. The Morgan fingerprint density at radius 2 is 1.58 bits per heavy atom. The fourth-order valence-corrected chi connectivity index (χ4v) is 6.67. The van der Waals surface area contributed by atoms with Crippen molar-refractivity contribution < 1.29 is 27.5 Å². The number of hydrogen-bond donors (Lipinski definition) is 2. The lowest BCUT2D eigenvalue weighted by molar-refractivity contribution is -0.119. The molecule has 1 saturated carbocycles. The molecule has 5 nitrogen and oxygen atoms in total. The standard InChI is InChI=1S/C40H45F3N2O3/c1-3-4-11-31-12-5-6-15-36(31)45-38(46)32-19-17-29(18-20-32)30-21-23-33(24-22-30)44-39(47)37-35(40(41,42)43)14-8-13-34(48-37)25-16-28-10-7-9-27(2)26-28/h5-6,12-13,15,17-24,27-28H,3-4,7-11,14,16,25-26H2,1-2H3,(H,44,47)(H,45,46). The van der Waals surface area contributed by atoms with Crippen LogP contribution in [0, 0.1) is 11.8 Å². The summed E-state index contributed by atoms with van der Waals surface area (Å²) >= 11 is 0. The molecule has 0 aromatic heterocycles.